The van der Waals surface area contributed by atoms with Gasteiger partial charge < -0.3 is 15.0 Å². The van der Waals surface area contributed by atoms with Gasteiger partial charge >= 0.3 is 0 Å². The lowest BCUT2D eigenvalue weighted by Crippen LogP contribution is -2.53. The van der Waals surface area contributed by atoms with Crippen molar-refractivity contribution in [1.29, 1.82) is 0 Å². The van der Waals surface area contributed by atoms with Crippen LogP contribution in [0.4, 0.5) is 0 Å². The van der Waals surface area contributed by atoms with E-state index < -0.39 is 12.1 Å². The van der Waals surface area contributed by atoms with Crippen LogP contribution >= 0.6 is 0 Å². The summed E-state index contributed by atoms with van der Waals surface area (Å²) >= 11 is 0. The molecule has 1 aromatic carbocycles. The van der Waals surface area contributed by atoms with Gasteiger partial charge in [0, 0.05) is 13.1 Å². The van der Waals surface area contributed by atoms with Gasteiger partial charge in [-0.05, 0) is 44.1 Å². The summed E-state index contributed by atoms with van der Waals surface area (Å²) in [4.78, 5) is 27.1. The van der Waals surface area contributed by atoms with Crippen LogP contribution in [0, 0.1) is 0 Å². The summed E-state index contributed by atoms with van der Waals surface area (Å²) in [6.45, 7) is 3.44. The number of hydrogen-bond acceptors (Lipinski definition) is 3. The van der Waals surface area contributed by atoms with E-state index in [1.54, 1.807) is 0 Å². The summed E-state index contributed by atoms with van der Waals surface area (Å²) in [6.07, 6.45) is 8.33. The first kappa shape index (κ1) is 19.6. The number of morpholine rings is 1. The summed E-state index contributed by atoms with van der Waals surface area (Å²) in [7, 11) is 0. The second-order valence-corrected chi connectivity index (χ2v) is 7.37. The number of carbonyl (C=O) groups excluding carboxylic acids is 2. The Hall–Kier alpha value is -2.14. The first-order valence-corrected chi connectivity index (χ1v) is 10.1. The maximum absolute atomic E-state index is 13.3. The van der Waals surface area contributed by atoms with Gasteiger partial charge in [0.1, 0.15) is 6.61 Å². The normalized spacial score (nSPS) is 22.7. The zero-order valence-corrected chi connectivity index (χ0v) is 16.2. The maximum Gasteiger partial charge on any atom is 0.254 e. The molecule has 3 rings (SSSR count). The smallest absolute Gasteiger partial charge is 0.254 e. The molecule has 2 amide bonds. The molecule has 27 heavy (non-hydrogen) atoms. The van der Waals surface area contributed by atoms with Gasteiger partial charge in [0.2, 0.25) is 5.91 Å². The van der Waals surface area contributed by atoms with Crippen LogP contribution in [0.2, 0.25) is 0 Å². The van der Waals surface area contributed by atoms with Crippen molar-refractivity contribution in [1.82, 2.24) is 10.2 Å². The van der Waals surface area contributed by atoms with Gasteiger partial charge in [-0.1, -0.05) is 48.9 Å². The zero-order chi connectivity index (χ0) is 19.1. The topological polar surface area (TPSA) is 58.6 Å². The molecule has 0 spiro atoms. The second-order valence-electron chi connectivity index (χ2n) is 7.37. The first-order chi connectivity index (χ1) is 13.2. The molecule has 5 heteroatoms. The minimum atomic E-state index is -0.669. The van der Waals surface area contributed by atoms with Gasteiger partial charge in [-0.3, -0.25) is 9.59 Å². The third kappa shape index (κ3) is 5.19. The summed E-state index contributed by atoms with van der Waals surface area (Å²) < 4.78 is 5.72. The van der Waals surface area contributed by atoms with E-state index in [1.165, 1.54) is 18.4 Å². The number of nitrogens with zero attached hydrogens (tertiary/aromatic N) is 1. The molecule has 0 radical (unpaired) electrons. The van der Waals surface area contributed by atoms with Crippen LogP contribution in [-0.2, 0) is 14.3 Å². The van der Waals surface area contributed by atoms with Crippen LogP contribution in [-0.4, -0.2) is 42.5 Å². The fraction of sp³-hybridized carbons (Fsp3) is 0.545. The van der Waals surface area contributed by atoms with Crippen molar-refractivity contribution in [2.75, 3.05) is 19.7 Å². The Labute approximate surface area is 161 Å². The third-order valence-electron chi connectivity index (χ3n) is 5.31. The zero-order valence-electron chi connectivity index (χ0n) is 16.2. The number of ether oxygens (including phenoxy) is 1. The first-order valence-electron chi connectivity index (χ1n) is 10.1. The lowest BCUT2D eigenvalue weighted by Gasteiger charge is -2.35. The van der Waals surface area contributed by atoms with Gasteiger partial charge in [-0.15, -0.1) is 0 Å². The van der Waals surface area contributed by atoms with Crippen LogP contribution in [0.25, 0.3) is 0 Å². The van der Waals surface area contributed by atoms with Crippen molar-refractivity contribution in [3.8, 4) is 0 Å². The minimum Gasteiger partial charge on any atom is -0.356 e. The molecule has 0 saturated carbocycles. The van der Waals surface area contributed by atoms with Gasteiger partial charge in [-0.2, -0.15) is 0 Å². The third-order valence-corrected chi connectivity index (χ3v) is 5.31. The summed E-state index contributed by atoms with van der Waals surface area (Å²) in [6, 6.07) is 9.17. The largest absolute Gasteiger partial charge is 0.356 e. The summed E-state index contributed by atoms with van der Waals surface area (Å²) in [5.74, 6) is -0.204. The van der Waals surface area contributed by atoms with Gasteiger partial charge in [0.15, 0.2) is 6.10 Å². The molecule has 1 heterocycles. The highest BCUT2D eigenvalue weighted by Gasteiger charge is 2.38. The molecule has 1 saturated heterocycles. The molecule has 0 aromatic heterocycles. The highest BCUT2D eigenvalue weighted by molar-refractivity contribution is 5.86. The molecule has 1 aliphatic carbocycles. The van der Waals surface area contributed by atoms with Gasteiger partial charge in [0.05, 0.1) is 6.04 Å². The lowest BCUT2D eigenvalue weighted by molar-refractivity contribution is -0.155. The van der Waals surface area contributed by atoms with E-state index >= 15 is 0 Å². The Bertz CT molecular complexity index is 671. The van der Waals surface area contributed by atoms with Crippen molar-refractivity contribution in [3.05, 3.63) is 47.5 Å². The standard InChI is InChI=1S/C22H30N2O3/c1-2-14-24(15-13-17-9-5-3-6-10-17)22(26)21-20(23-19(25)16-27-21)18-11-7-4-8-12-18/h4,7-9,11-12,20-21H,2-3,5-6,10,13-16H2,1H3,(H,23,25)/t20-,21+/m1/s1. The molecule has 1 fully saturated rings. The molecule has 146 valence electrons. The van der Waals surface area contributed by atoms with E-state index in [0.717, 1.165) is 31.2 Å². The number of carbonyl (C=O) groups is 2. The maximum atomic E-state index is 13.3. The predicted octanol–water partition coefficient (Wildman–Crippen LogP) is 3.37. The number of rotatable bonds is 7. The summed E-state index contributed by atoms with van der Waals surface area (Å²) in [5.41, 5.74) is 2.36. The lowest BCUT2D eigenvalue weighted by atomic mass is 9.96. The molecular weight excluding hydrogens is 340 g/mol. The second kappa shape index (κ2) is 9.70. The van der Waals surface area contributed by atoms with E-state index in [9.17, 15) is 9.59 Å². The van der Waals surface area contributed by atoms with Crippen molar-refractivity contribution >= 4 is 11.8 Å². The fourth-order valence-corrected chi connectivity index (χ4v) is 3.88. The van der Waals surface area contributed by atoms with Crippen molar-refractivity contribution in [2.24, 2.45) is 0 Å². The van der Waals surface area contributed by atoms with Crippen molar-refractivity contribution in [2.45, 2.75) is 57.6 Å². The predicted molar refractivity (Wildman–Crippen MR) is 105 cm³/mol. The Morgan fingerprint density at radius 3 is 2.74 bits per heavy atom. The van der Waals surface area contributed by atoms with E-state index in [1.807, 2.05) is 35.2 Å². The molecule has 5 nitrogen and oxygen atoms in total. The van der Waals surface area contributed by atoms with Gasteiger partial charge in [0.25, 0.3) is 5.91 Å². The minimum absolute atomic E-state index is 0.0258. The van der Waals surface area contributed by atoms with E-state index in [2.05, 4.69) is 18.3 Å². The van der Waals surface area contributed by atoms with Crippen molar-refractivity contribution in [3.63, 3.8) is 0 Å². The van der Waals surface area contributed by atoms with Crippen LogP contribution in [0.1, 0.15) is 57.1 Å². The average Bonchev–Trinajstić information content (AvgIpc) is 2.72. The number of nitrogens with one attached hydrogen (secondary N) is 1. The number of amides is 2. The van der Waals surface area contributed by atoms with Crippen LogP contribution < -0.4 is 5.32 Å². The van der Waals surface area contributed by atoms with Crippen LogP contribution in [0.15, 0.2) is 42.0 Å². The monoisotopic (exact) mass is 370 g/mol. The Morgan fingerprint density at radius 1 is 1.22 bits per heavy atom. The Kier molecular flexibility index (Phi) is 7.04. The SMILES string of the molecule is CCCN(CCC1=CCCCC1)C(=O)[C@H]1OCC(=O)N[C@@H]1c1ccccc1. The Morgan fingerprint density at radius 2 is 2.04 bits per heavy atom. The molecule has 1 N–H and O–H groups in total. The number of benzene rings is 1. The molecule has 1 aliphatic heterocycles. The van der Waals surface area contributed by atoms with E-state index in [0.29, 0.717) is 13.1 Å². The fourth-order valence-electron chi connectivity index (χ4n) is 3.88. The molecule has 2 atom stereocenters. The molecule has 0 unspecified atom stereocenters. The van der Waals surface area contributed by atoms with E-state index in [4.69, 9.17) is 4.74 Å². The molecular formula is C22H30N2O3. The number of allylic oxidation sites excluding steroid dienone is 1. The van der Waals surface area contributed by atoms with Crippen LogP contribution in [0.5, 0.6) is 0 Å². The van der Waals surface area contributed by atoms with Gasteiger partial charge in [-0.25, -0.2) is 0 Å². The number of hydrogen-bond donors (Lipinski definition) is 1. The van der Waals surface area contributed by atoms with Crippen LogP contribution in [0.3, 0.4) is 0 Å². The summed E-state index contributed by atoms with van der Waals surface area (Å²) in [5, 5.41) is 2.94. The highest BCUT2D eigenvalue weighted by atomic mass is 16.5. The highest BCUT2D eigenvalue weighted by Crippen LogP contribution is 2.25. The van der Waals surface area contributed by atoms with Crippen molar-refractivity contribution < 1.29 is 14.3 Å². The quantitative estimate of drug-likeness (QED) is 0.749. The van der Waals surface area contributed by atoms with E-state index in [-0.39, 0.29) is 18.4 Å². The molecule has 1 aromatic rings. The average molecular weight is 370 g/mol. The molecule has 0 bridgehead atoms. The Balaban J connectivity index is 1.72. The molecule has 2 aliphatic rings.